The Morgan fingerprint density at radius 1 is 0.805 bits per heavy atom. The predicted octanol–water partition coefficient (Wildman–Crippen LogP) is 6.47. The summed E-state index contributed by atoms with van der Waals surface area (Å²) in [4.78, 5) is 27.4. The third-order valence-electron chi connectivity index (χ3n) is 6.84. The van der Waals surface area contributed by atoms with E-state index in [1.165, 1.54) is 0 Å². The molecule has 0 saturated carbocycles. The second kappa shape index (κ2) is 12.3. The quantitative estimate of drug-likeness (QED) is 0.199. The predicted molar refractivity (Wildman–Crippen MR) is 168 cm³/mol. The minimum atomic E-state index is -0.0701. The number of carbonyl (C=O) groups is 2. The number of anilines is 3. The van der Waals surface area contributed by atoms with E-state index in [4.69, 9.17) is 0 Å². The number of hydrogen-bond donors (Lipinski definition) is 3. The van der Waals surface area contributed by atoms with E-state index in [1.54, 1.807) is 0 Å². The maximum atomic E-state index is 12.7. The van der Waals surface area contributed by atoms with Gasteiger partial charge in [-0.1, -0.05) is 60.7 Å². The topological polar surface area (TPSA) is 90.1 Å². The number of carbonyl (C=O) groups excluding carboxylic acids is 2. The van der Waals surface area contributed by atoms with Gasteiger partial charge >= 0.3 is 0 Å². The van der Waals surface area contributed by atoms with Crippen molar-refractivity contribution in [3.8, 4) is 0 Å². The summed E-state index contributed by atoms with van der Waals surface area (Å²) in [6, 6.07) is 29.3. The number of hydrogen-bond acceptors (Lipinski definition) is 4. The molecule has 3 N–H and O–H groups in total. The molecule has 0 atom stereocenters. The Labute approximate surface area is 239 Å². The van der Waals surface area contributed by atoms with Crippen LogP contribution in [0.2, 0.25) is 0 Å². The average molecular weight is 544 g/mol. The molecule has 5 aromatic rings. The summed E-state index contributed by atoms with van der Waals surface area (Å²) in [5, 5.41) is 14.5. The van der Waals surface area contributed by atoms with Gasteiger partial charge in [0.2, 0.25) is 11.8 Å². The van der Waals surface area contributed by atoms with Gasteiger partial charge in [0.15, 0.2) is 0 Å². The highest BCUT2D eigenvalue weighted by molar-refractivity contribution is 5.98. The van der Waals surface area contributed by atoms with Crippen molar-refractivity contribution in [3.05, 3.63) is 119 Å². The van der Waals surface area contributed by atoms with Crippen LogP contribution in [0.5, 0.6) is 0 Å². The Bertz CT molecular complexity index is 1700. The number of aryl methyl sites for hydroxylation is 1. The first kappa shape index (κ1) is 27.4. The van der Waals surface area contributed by atoms with Crippen LogP contribution < -0.4 is 15.5 Å². The third kappa shape index (κ3) is 7.08. The SMILES string of the molecule is Cc1cc2[nH]nc(/C=C/c3cccc(NC(=O)Cc4ccc(N(C)C)cc4)c3)c2cc1NC(=O)Cc1ccccc1. The maximum Gasteiger partial charge on any atom is 0.228 e. The zero-order chi connectivity index (χ0) is 28.8. The third-order valence-corrected chi connectivity index (χ3v) is 6.84. The van der Waals surface area contributed by atoms with Crippen LogP contribution in [-0.4, -0.2) is 36.1 Å². The van der Waals surface area contributed by atoms with Gasteiger partial charge in [-0.05, 0) is 71.7 Å². The van der Waals surface area contributed by atoms with Crippen LogP contribution in [-0.2, 0) is 22.4 Å². The highest BCUT2D eigenvalue weighted by Gasteiger charge is 2.11. The lowest BCUT2D eigenvalue weighted by atomic mass is 10.1. The Balaban J connectivity index is 1.26. The van der Waals surface area contributed by atoms with Crippen molar-refractivity contribution in [2.75, 3.05) is 29.6 Å². The summed E-state index contributed by atoms with van der Waals surface area (Å²) in [6.45, 7) is 1.96. The van der Waals surface area contributed by atoms with E-state index in [0.29, 0.717) is 12.8 Å². The number of nitrogens with one attached hydrogen (secondary N) is 3. The smallest absolute Gasteiger partial charge is 0.228 e. The molecule has 0 aliphatic heterocycles. The lowest BCUT2D eigenvalue weighted by Gasteiger charge is -2.12. The fourth-order valence-electron chi connectivity index (χ4n) is 4.63. The van der Waals surface area contributed by atoms with Crippen molar-refractivity contribution in [1.82, 2.24) is 10.2 Å². The van der Waals surface area contributed by atoms with E-state index in [-0.39, 0.29) is 11.8 Å². The summed E-state index contributed by atoms with van der Waals surface area (Å²) in [5.41, 5.74) is 8.04. The van der Waals surface area contributed by atoms with Crippen molar-refractivity contribution >= 4 is 51.9 Å². The first-order chi connectivity index (χ1) is 19.8. The molecule has 0 radical (unpaired) electrons. The van der Waals surface area contributed by atoms with Crippen LogP contribution in [0.1, 0.15) is 27.9 Å². The fourth-order valence-corrected chi connectivity index (χ4v) is 4.63. The van der Waals surface area contributed by atoms with E-state index < -0.39 is 0 Å². The molecule has 0 fully saturated rings. The molecule has 0 aliphatic rings. The molecule has 2 amide bonds. The van der Waals surface area contributed by atoms with E-state index in [9.17, 15) is 9.59 Å². The van der Waals surface area contributed by atoms with Crippen LogP contribution in [0.3, 0.4) is 0 Å². The molecule has 41 heavy (non-hydrogen) atoms. The van der Waals surface area contributed by atoms with E-state index in [2.05, 4.69) is 20.8 Å². The molecule has 1 aromatic heterocycles. The highest BCUT2D eigenvalue weighted by atomic mass is 16.2. The van der Waals surface area contributed by atoms with Gasteiger partial charge in [0.25, 0.3) is 0 Å². The van der Waals surface area contributed by atoms with Crippen LogP contribution in [0.15, 0.2) is 91.0 Å². The molecule has 0 saturated heterocycles. The minimum absolute atomic E-state index is 0.0660. The lowest BCUT2D eigenvalue weighted by molar-refractivity contribution is -0.116. The number of aromatic nitrogens is 2. The Kier molecular flexibility index (Phi) is 8.25. The summed E-state index contributed by atoms with van der Waals surface area (Å²) >= 11 is 0. The first-order valence-electron chi connectivity index (χ1n) is 13.5. The van der Waals surface area contributed by atoms with Gasteiger partial charge in [0.1, 0.15) is 0 Å². The summed E-state index contributed by atoms with van der Waals surface area (Å²) < 4.78 is 0. The van der Waals surface area contributed by atoms with Gasteiger partial charge in [-0.15, -0.1) is 0 Å². The van der Waals surface area contributed by atoms with Crippen LogP contribution in [0.4, 0.5) is 17.1 Å². The summed E-state index contributed by atoms with van der Waals surface area (Å²) in [7, 11) is 3.98. The number of aromatic amines is 1. The first-order valence-corrected chi connectivity index (χ1v) is 13.5. The molecule has 0 unspecified atom stereocenters. The maximum absolute atomic E-state index is 12.7. The van der Waals surface area contributed by atoms with Crippen molar-refractivity contribution in [2.24, 2.45) is 0 Å². The molecule has 0 aliphatic carbocycles. The molecular formula is C34H33N5O2. The van der Waals surface area contributed by atoms with Crippen molar-refractivity contribution in [1.29, 1.82) is 0 Å². The molecule has 0 spiro atoms. The van der Waals surface area contributed by atoms with Gasteiger partial charge in [0, 0.05) is 36.5 Å². The molecule has 7 heteroatoms. The number of fused-ring (bicyclic) bond motifs is 1. The Hall–Kier alpha value is -5.17. The van der Waals surface area contributed by atoms with E-state index in [1.807, 2.05) is 129 Å². The van der Waals surface area contributed by atoms with E-state index in [0.717, 1.165) is 55.9 Å². The Morgan fingerprint density at radius 2 is 1.51 bits per heavy atom. The standard InChI is InChI=1S/C34H33N5O2/c1-23-18-32-29(22-31(23)36-34(41)20-24-8-5-4-6-9-24)30(37-38-32)17-14-25-10-7-11-27(19-25)35-33(40)21-26-12-15-28(16-13-26)39(2)3/h4-19,22H,20-21H2,1-3H3,(H,35,40)(H,36,41)(H,37,38)/b17-14+. The number of rotatable bonds is 9. The fraction of sp³-hybridized carbons (Fsp3) is 0.147. The van der Waals surface area contributed by atoms with Gasteiger partial charge in [-0.2, -0.15) is 5.10 Å². The van der Waals surface area contributed by atoms with Crippen molar-refractivity contribution in [3.63, 3.8) is 0 Å². The second-order valence-corrected chi connectivity index (χ2v) is 10.3. The van der Waals surface area contributed by atoms with Crippen LogP contribution in [0, 0.1) is 6.92 Å². The van der Waals surface area contributed by atoms with Crippen molar-refractivity contribution in [2.45, 2.75) is 19.8 Å². The monoisotopic (exact) mass is 543 g/mol. The number of nitrogens with zero attached hydrogens (tertiary/aromatic N) is 2. The molecular weight excluding hydrogens is 510 g/mol. The van der Waals surface area contributed by atoms with Gasteiger partial charge in [-0.3, -0.25) is 14.7 Å². The molecule has 1 heterocycles. The van der Waals surface area contributed by atoms with Crippen LogP contribution in [0.25, 0.3) is 23.1 Å². The molecule has 5 rings (SSSR count). The Morgan fingerprint density at radius 3 is 2.24 bits per heavy atom. The molecule has 4 aromatic carbocycles. The summed E-state index contributed by atoms with van der Waals surface area (Å²) in [5.74, 6) is -0.136. The average Bonchev–Trinajstić information content (AvgIpc) is 3.34. The normalized spacial score (nSPS) is 11.1. The largest absolute Gasteiger partial charge is 0.378 e. The second-order valence-electron chi connectivity index (χ2n) is 10.3. The minimum Gasteiger partial charge on any atom is -0.378 e. The number of H-pyrrole nitrogens is 1. The number of amides is 2. The highest BCUT2D eigenvalue weighted by Crippen LogP contribution is 2.26. The lowest BCUT2D eigenvalue weighted by Crippen LogP contribution is -2.15. The summed E-state index contributed by atoms with van der Waals surface area (Å²) in [6.07, 6.45) is 4.50. The molecule has 0 bridgehead atoms. The van der Waals surface area contributed by atoms with E-state index >= 15 is 0 Å². The van der Waals surface area contributed by atoms with Gasteiger partial charge in [-0.25, -0.2) is 0 Å². The van der Waals surface area contributed by atoms with Gasteiger partial charge in [0.05, 0.1) is 24.1 Å². The zero-order valence-electron chi connectivity index (χ0n) is 23.4. The van der Waals surface area contributed by atoms with Crippen molar-refractivity contribution < 1.29 is 9.59 Å². The van der Waals surface area contributed by atoms with Crippen LogP contribution >= 0.6 is 0 Å². The number of benzene rings is 4. The molecule has 206 valence electrons. The molecule has 7 nitrogen and oxygen atoms in total. The zero-order valence-corrected chi connectivity index (χ0v) is 23.4. The van der Waals surface area contributed by atoms with Gasteiger partial charge < -0.3 is 15.5 Å².